The molecule has 0 aliphatic carbocycles. The monoisotopic (exact) mass is 241 g/mol. The summed E-state index contributed by atoms with van der Waals surface area (Å²) in [7, 11) is -1.44. The summed E-state index contributed by atoms with van der Waals surface area (Å²) in [5, 5.41) is 2.66. The SMILES string of the molecule is COc1cccc([C@H]2CNCCS2(=O)=O)c1. The molecule has 1 aromatic carbocycles. The first-order chi connectivity index (χ1) is 7.63. The molecule has 0 unspecified atom stereocenters. The molecule has 0 aromatic heterocycles. The Hall–Kier alpha value is -1.07. The van der Waals surface area contributed by atoms with Crippen LogP contribution in [0.4, 0.5) is 0 Å². The highest BCUT2D eigenvalue weighted by molar-refractivity contribution is 7.91. The molecule has 1 aliphatic rings. The smallest absolute Gasteiger partial charge is 0.159 e. The van der Waals surface area contributed by atoms with Gasteiger partial charge >= 0.3 is 0 Å². The molecule has 1 aromatic rings. The third-order valence-electron chi connectivity index (χ3n) is 2.79. The number of nitrogens with one attached hydrogen (secondary N) is 1. The molecular formula is C11H15NO3S. The van der Waals surface area contributed by atoms with Crippen LogP contribution in [0.15, 0.2) is 24.3 Å². The van der Waals surface area contributed by atoms with Crippen molar-refractivity contribution < 1.29 is 13.2 Å². The summed E-state index contributed by atoms with van der Waals surface area (Å²) in [6.45, 7) is 1.03. The van der Waals surface area contributed by atoms with Gasteiger partial charge in [-0.3, -0.25) is 0 Å². The van der Waals surface area contributed by atoms with Crippen LogP contribution in [0.5, 0.6) is 5.75 Å². The lowest BCUT2D eigenvalue weighted by atomic mass is 10.1. The largest absolute Gasteiger partial charge is 0.497 e. The second-order valence-electron chi connectivity index (χ2n) is 3.84. The van der Waals surface area contributed by atoms with Gasteiger partial charge in [0.1, 0.15) is 5.75 Å². The van der Waals surface area contributed by atoms with Gasteiger partial charge in [-0.1, -0.05) is 12.1 Å². The van der Waals surface area contributed by atoms with E-state index in [2.05, 4.69) is 5.32 Å². The van der Waals surface area contributed by atoms with Crippen LogP contribution in [-0.2, 0) is 9.84 Å². The molecule has 0 spiro atoms. The highest BCUT2D eigenvalue weighted by Gasteiger charge is 2.30. The molecule has 0 amide bonds. The maximum absolute atomic E-state index is 11.9. The molecule has 2 rings (SSSR count). The summed E-state index contributed by atoms with van der Waals surface area (Å²) in [6.07, 6.45) is 0. The Morgan fingerprint density at radius 1 is 1.44 bits per heavy atom. The predicted molar refractivity (Wildman–Crippen MR) is 62.4 cm³/mol. The van der Waals surface area contributed by atoms with Gasteiger partial charge in [-0.15, -0.1) is 0 Å². The van der Waals surface area contributed by atoms with Crippen molar-refractivity contribution >= 4 is 9.84 Å². The van der Waals surface area contributed by atoms with Gasteiger partial charge in [0.05, 0.1) is 18.1 Å². The molecule has 16 heavy (non-hydrogen) atoms. The van der Waals surface area contributed by atoms with Gasteiger partial charge in [-0.25, -0.2) is 8.42 Å². The van der Waals surface area contributed by atoms with Crippen molar-refractivity contribution in [1.82, 2.24) is 5.32 Å². The number of methoxy groups -OCH3 is 1. The fraction of sp³-hybridized carbons (Fsp3) is 0.455. The van der Waals surface area contributed by atoms with E-state index < -0.39 is 15.1 Å². The number of sulfone groups is 1. The fourth-order valence-electron chi connectivity index (χ4n) is 1.88. The summed E-state index contributed by atoms with van der Waals surface area (Å²) >= 11 is 0. The first-order valence-corrected chi connectivity index (χ1v) is 6.91. The fourth-order valence-corrected chi connectivity index (χ4v) is 3.53. The Bertz CT molecular complexity index is 470. The molecule has 1 atom stereocenters. The molecule has 1 fully saturated rings. The maximum atomic E-state index is 11.9. The van der Waals surface area contributed by atoms with Crippen molar-refractivity contribution in [3.8, 4) is 5.75 Å². The van der Waals surface area contributed by atoms with Crippen molar-refractivity contribution in [2.45, 2.75) is 5.25 Å². The molecule has 1 N–H and O–H groups in total. The van der Waals surface area contributed by atoms with E-state index >= 15 is 0 Å². The predicted octanol–water partition coefficient (Wildman–Crippen LogP) is 0.754. The van der Waals surface area contributed by atoms with Gasteiger partial charge in [-0.2, -0.15) is 0 Å². The quantitative estimate of drug-likeness (QED) is 0.830. The second-order valence-corrected chi connectivity index (χ2v) is 6.14. The van der Waals surface area contributed by atoms with Gasteiger partial charge in [-0.05, 0) is 17.7 Å². The average molecular weight is 241 g/mol. The van der Waals surface area contributed by atoms with Crippen LogP contribution in [-0.4, -0.2) is 34.4 Å². The Morgan fingerprint density at radius 2 is 2.25 bits per heavy atom. The molecule has 0 saturated carbocycles. The van der Waals surface area contributed by atoms with Crippen molar-refractivity contribution in [2.24, 2.45) is 0 Å². The van der Waals surface area contributed by atoms with Crippen LogP contribution in [0.2, 0.25) is 0 Å². The van der Waals surface area contributed by atoms with E-state index in [1.807, 2.05) is 18.2 Å². The molecular weight excluding hydrogens is 226 g/mol. The first-order valence-electron chi connectivity index (χ1n) is 5.20. The number of hydrogen-bond acceptors (Lipinski definition) is 4. The van der Waals surface area contributed by atoms with Gasteiger partial charge in [0.25, 0.3) is 0 Å². The van der Waals surface area contributed by atoms with E-state index in [1.54, 1.807) is 13.2 Å². The Balaban J connectivity index is 2.35. The lowest BCUT2D eigenvalue weighted by molar-refractivity contribution is 0.414. The molecule has 88 valence electrons. The van der Waals surface area contributed by atoms with Crippen LogP contribution < -0.4 is 10.1 Å². The lowest BCUT2D eigenvalue weighted by Crippen LogP contribution is -2.38. The number of rotatable bonds is 2. The van der Waals surface area contributed by atoms with Crippen LogP contribution in [0.1, 0.15) is 10.8 Å². The molecule has 1 aliphatic heterocycles. The minimum absolute atomic E-state index is 0.203. The van der Waals surface area contributed by atoms with E-state index in [4.69, 9.17) is 4.74 Å². The number of ether oxygens (including phenoxy) is 1. The third-order valence-corrected chi connectivity index (χ3v) is 4.87. The van der Waals surface area contributed by atoms with Crippen molar-refractivity contribution in [2.75, 3.05) is 26.0 Å². The van der Waals surface area contributed by atoms with Crippen LogP contribution in [0.25, 0.3) is 0 Å². The lowest BCUT2D eigenvalue weighted by Gasteiger charge is -2.23. The number of hydrogen-bond donors (Lipinski definition) is 1. The topological polar surface area (TPSA) is 55.4 Å². The Labute approximate surface area is 95.5 Å². The highest BCUT2D eigenvalue weighted by atomic mass is 32.2. The van der Waals surface area contributed by atoms with Crippen molar-refractivity contribution in [3.63, 3.8) is 0 Å². The van der Waals surface area contributed by atoms with Crippen LogP contribution in [0.3, 0.4) is 0 Å². The zero-order valence-corrected chi connectivity index (χ0v) is 9.96. The third kappa shape index (κ3) is 2.20. The minimum Gasteiger partial charge on any atom is -0.497 e. The second kappa shape index (κ2) is 4.43. The van der Waals surface area contributed by atoms with Crippen LogP contribution in [0, 0.1) is 0 Å². The zero-order valence-electron chi connectivity index (χ0n) is 9.14. The summed E-state index contributed by atoms with van der Waals surface area (Å²) in [5.41, 5.74) is 0.798. The standard InChI is InChI=1S/C11H15NO3S/c1-15-10-4-2-3-9(7-10)11-8-12-5-6-16(11,13)14/h2-4,7,11-12H,5-6,8H2,1H3/t11-/m1/s1. The van der Waals surface area contributed by atoms with Gasteiger partial charge in [0.2, 0.25) is 0 Å². The molecule has 1 saturated heterocycles. The van der Waals surface area contributed by atoms with Gasteiger partial charge in [0, 0.05) is 13.1 Å². The average Bonchev–Trinajstić information content (AvgIpc) is 2.28. The maximum Gasteiger partial charge on any atom is 0.159 e. The van der Waals surface area contributed by atoms with E-state index in [0.29, 0.717) is 18.8 Å². The van der Waals surface area contributed by atoms with Crippen molar-refractivity contribution in [3.05, 3.63) is 29.8 Å². The Kier molecular flexibility index (Phi) is 3.16. The summed E-state index contributed by atoms with van der Waals surface area (Å²) in [4.78, 5) is 0. The molecule has 5 heteroatoms. The van der Waals surface area contributed by atoms with E-state index in [9.17, 15) is 8.42 Å². The normalized spacial score (nSPS) is 23.9. The van der Waals surface area contributed by atoms with Gasteiger partial charge < -0.3 is 10.1 Å². The van der Waals surface area contributed by atoms with E-state index in [-0.39, 0.29) is 5.75 Å². The number of benzene rings is 1. The summed E-state index contributed by atoms with van der Waals surface area (Å²) in [5.74, 6) is 0.896. The summed E-state index contributed by atoms with van der Waals surface area (Å²) in [6, 6.07) is 7.25. The highest BCUT2D eigenvalue weighted by Crippen LogP contribution is 2.27. The minimum atomic E-state index is -3.02. The molecule has 1 heterocycles. The first kappa shape index (κ1) is 11.4. The Morgan fingerprint density at radius 3 is 2.94 bits per heavy atom. The van der Waals surface area contributed by atoms with Crippen LogP contribution >= 0.6 is 0 Å². The van der Waals surface area contributed by atoms with E-state index in [0.717, 1.165) is 5.56 Å². The van der Waals surface area contributed by atoms with E-state index in [1.165, 1.54) is 0 Å². The van der Waals surface area contributed by atoms with Crippen molar-refractivity contribution in [1.29, 1.82) is 0 Å². The van der Waals surface area contributed by atoms with Gasteiger partial charge in [0.15, 0.2) is 9.84 Å². The molecule has 0 radical (unpaired) electrons. The zero-order chi connectivity index (χ0) is 11.6. The molecule has 4 nitrogen and oxygen atoms in total. The summed E-state index contributed by atoms with van der Waals surface area (Å²) < 4.78 is 28.9. The molecule has 0 bridgehead atoms.